The van der Waals surface area contributed by atoms with Crippen LogP contribution in [0.4, 0.5) is 0 Å². The number of amides is 1. The third-order valence-electron chi connectivity index (χ3n) is 4.40. The molecule has 1 heterocycles. The fourth-order valence-corrected chi connectivity index (χ4v) is 2.94. The molecule has 0 radical (unpaired) electrons. The lowest BCUT2D eigenvalue weighted by atomic mass is 9.99. The van der Waals surface area contributed by atoms with Crippen molar-refractivity contribution in [3.05, 3.63) is 34.9 Å². The van der Waals surface area contributed by atoms with Gasteiger partial charge in [-0.1, -0.05) is 30.7 Å². The van der Waals surface area contributed by atoms with Crippen molar-refractivity contribution < 1.29 is 4.79 Å². The van der Waals surface area contributed by atoms with Gasteiger partial charge in [-0.2, -0.15) is 0 Å². The summed E-state index contributed by atoms with van der Waals surface area (Å²) < 4.78 is 0. The highest BCUT2D eigenvalue weighted by atomic mass is 35.5. The van der Waals surface area contributed by atoms with Gasteiger partial charge in [0, 0.05) is 18.0 Å². The molecule has 1 amide bonds. The Hall–Kier alpha value is -1.06. The lowest BCUT2D eigenvalue weighted by Crippen LogP contribution is -2.35. The highest BCUT2D eigenvalue weighted by Gasteiger charge is 2.14. The molecule has 1 N–H and O–H groups in total. The van der Waals surface area contributed by atoms with Crippen LogP contribution in [-0.4, -0.2) is 37.0 Å². The summed E-state index contributed by atoms with van der Waals surface area (Å²) in [6, 6.07) is 7.70. The van der Waals surface area contributed by atoms with Crippen molar-refractivity contribution in [1.29, 1.82) is 0 Å². The lowest BCUT2D eigenvalue weighted by Gasteiger charge is -2.30. The lowest BCUT2D eigenvalue weighted by molar-refractivity contribution is -0.121. The van der Waals surface area contributed by atoms with Crippen LogP contribution in [0.25, 0.3) is 0 Å². The Kier molecular flexibility index (Phi) is 7.20. The van der Waals surface area contributed by atoms with E-state index in [1.807, 2.05) is 24.3 Å². The number of carbonyl (C=O) groups excluding carboxylic acids is 1. The molecule has 2 rings (SSSR count). The second-order valence-electron chi connectivity index (χ2n) is 6.35. The van der Waals surface area contributed by atoms with Crippen LogP contribution in [0.1, 0.15) is 38.2 Å². The highest BCUT2D eigenvalue weighted by Crippen LogP contribution is 2.15. The summed E-state index contributed by atoms with van der Waals surface area (Å²) in [7, 11) is 0. The zero-order valence-electron chi connectivity index (χ0n) is 13.5. The van der Waals surface area contributed by atoms with Crippen LogP contribution in [0.3, 0.4) is 0 Å². The molecule has 1 aliphatic rings. The standard InChI is InChI=1S/C18H27ClN2O/c1-15-9-13-21(14-10-15)12-2-11-20-18(22)8-5-16-3-6-17(19)7-4-16/h3-4,6-7,15H,2,5,8-14H2,1H3,(H,20,22). The average Bonchev–Trinajstić information content (AvgIpc) is 2.53. The Morgan fingerprint density at radius 1 is 1.27 bits per heavy atom. The summed E-state index contributed by atoms with van der Waals surface area (Å²) in [5.74, 6) is 1.02. The van der Waals surface area contributed by atoms with Crippen LogP contribution in [0, 0.1) is 5.92 Å². The second-order valence-corrected chi connectivity index (χ2v) is 6.79. The van der Waals surface area contributed by atoms with Crippen molar-refractivity contribution in [2.75, 3.05) is 26.2 Å². The van der Waals surface area contributed by atoms with Crippen LogP contribution < -0.4 is 5.32 Å². The second kappa shape index (κ2) is 9.16. The number of hydrogen-bond donors (Lipinski definition) is 1. The molecule has 1 aromatic rings. The fourth-order valence-electron chi connectivity index (χ4n) is 2.81. The van der Waals surface area contributed by atoms with E-state index in [4.69, 9.17) is 11.6 Å². The Labute approximate surface area is 139 Å². The van der Waals surface area contributed by atoms with Crippen molar-refractivity contribution in [2.24, 2.45) is 5.92 Å². The predicted octanol–water partition coefficient (Wildman–Crippen LogP) is 3.51. The van der Waals surface area contributed by atoms with Gasteiger partial charge >= 0.3 is 0 Å². The Bertz CT molecular complexity index is 453. The van der Waals surface area contributed by atoms with Crippen LogP contribution >= 0.6 is 11.6 Å². The summed E-state index contributed by atoms with van der Waals surface area (Å²) >= 11 is 5.85. The van der Waals surface area contributed by atoms with Crippen LogP contribution in [0.15, 0.2) is 24.3 Å². The molecule has 0 saturated carbocycles. The third-order valence-corrected chi connectivity index (χ3v) is 4.66. The van der Waals surface area contributed by atoms with E-state index in [9.17, 15) is 4.79 Å². The Morgan fingerprint density at radius 3 is 2.64 bits per heavy atom. The van der Waals surface area contributed by atoms with Crippen LogP contribution in [-0.2, 0) is 11.2 Å². The number of hydrogen-bond acceptors (Lipinski definition) is 2. The van der Waals surface area contributed by atoms with E-state index < -0.39 is 0 Å². The highest BCUT2D eigenvalue weighted by molar-refractivity contribution is 6.30. The molecule has 0 aromatic heterocycles. The van der Waals surface area contributed by atoms with Crippen LogP contribution in [0.2, 0.25) is 5.02 Å². The van der Waals surface area contributed by atoms with Gasteiger partial charge in [0.05, 0.1) is 0 Å². The summed E-state index contributed by atoms with van der Waals surface area (Å²) in [5.41, 5.74) is 1.15. The molecule has 0 spiro atoms. The van der Waals surface area contributed by atoms with Gasteiger partial charge in [-0.05, 0) is 68.9 Å². The van der Waals surface area contributed by atoms with Gasteiger partial charge in [0.25, 0.3) is 0 Å². The molecular weight excluding hydrogens is 296 g/mol. The first-order valence-electron chi connectivity index (χ1n) is 8.37. The van der Waals surface area contributed by atoms with Crippen molar-refractivity contribution in [1.82, 2.24) is 10.2 Å². The number of rotatable bonds is 7. The smallest absolute Gasteiger partial charge is 0.220 e. The number of carbonyl (C=O) groups is 1. The van der Waals surface area contributed by atoms with E-state index in [0.29, 0.717) is 6.42 Å². The van der Waals surface area contributed by atoms with Crippen LogP contribution in [0.5, 0.6) is 0 Å². The summed E-state index contributed by atoms with van der Waals surface area (Å²) in [6.07, 6.45) is 4.98. The van der Waals surface area contributed by atoms with Crippen molar-refractivity contribution in [3.8, 4) is 0 Å². The monoisotopic (exact) mass is 322 g/mol. The third kappa shape index (κ3) is 6.37. The van der Waals surface area contributed by atoms with Gasteiger partial charge in [0.1, 0.15) is 0 Å². The summed E-state index contributed by atoms with van der Waals surface area (Å²) in [5, 5.41) is 3.76. The molecule has 1 aliphatic heterocycles. The van der Waals surface area contributed by atoms with Gasteiger partial charge in [0.15, 0.2) is 0 Å². The maximum atomic E-state index is 11.8. The van der Waals surface area contributed by atoms with E-state index in [1.54, 1.807) is 0 Å². The molecule has 1 fully saturated rings. The molecule has 122 valence electrons. The quantitative estimate of drug-likeness (QED) is 0.779. The minimum absolute atomic E-state index is 0.141. The molecule has 0 atom stereocenters. The van der Waals surface area contributed by atoms with E-state index in [1.165, 1.54) is 25.9 Å². The van der Waals surface area contributed by atoms with Gasteiger partial charge in [0.2, 0.25) is 5.91 Å². The normalized spacial score (nSPS) is 16.6. The molecular formula is C18H27ClN2O. The topological polar surface area (TPSA) is 32.3 Å². The average molecular weight is 323 g/mol. The zero-order chi connectivity index (χ0) is 15.8. The minimum Gasteiger partial charge on any atom is -0.356 e. The molecule has 22 heavy (non-hydrogen) atoms. The first kappa shape index (κ1) is 17.3. The maximum absolute atomic E-state index is 11.8. The van der Waals surface area contributed by atoms with Crippen molar-refractivity contribution in [3.63, 3.8) is 0 Å². The molecule has 0 unspecified atom stereocenters. The molecule has 0 bridgehead atoms. The van der Waals surface area contributed by atoms with Gasteiger partial charge in [-0.15, -0.1) is 0 Å². The Morgan fingerprint density at radius 2 is 1.95 bits per heavy atom. The predicted molar refractivity (Wildman–Crippen MR) is 92.2 cm³/mol. The van der Waals surface area contributed by atoms with E-state index in [0.717, 1.165) is 42.4 Å². The van der Waals surface area contributed by atoms with Gasteiger partial charge in [-0.3, -0.25) is 4.79 Å². The van der Waals surface area contributed by atoms with E-state index in [2.05, 4.69) is 17.1 Å². The van der Waals surface area contributed by atoms with Gasteiger partial charge in [-0.25, -0.2) is 0 Å². The molecule has 1 aromatic carbocycles. The molecule has 0 aliphatic carbocycles. The number of likely N-dealkylation sites (tertiary alicyclic amines) is 1. The van der Waals surface area contributed by atoms with Gasteiger partial charge < -0.3 is 10.2 Å². The number of nitrogens with one attached hydrogen (secondary N) is 1. The molecule has 4 heteroatoms. The number of halogens is 1. The SMILES string of the molecule is CC1CCN(CCCNC(=O)CCc2ccc(Cl)cc2)CC1. The molecule has 3 nitrogen and oxygen atoms in total. The first-order valence-corrected chi connectivity index (χ1v) is 8.75. The summed E-state index contributed by atoms with van der Waals surface area (Å²) in [4.78, 5) is 14.3. The number of nitrogens with zero attached hydrogens (tertiary/aromatic N) is 1. The number of aryl methyl sites for hydroxylation is 1. The first-order chi connectivity index (χ1) is 10.6. The summed E-state index contributed by atoms with van der Waals surface area (Å²) in [6.45, 7) is 6.64. The fraction of sp³-hybridized carbons (Fsp3) is 0.611. The maximum Gasteiger partial charge on any atom is 0.220 e. The minimum atomic E-state index is 0.141. The van der Waals surface area contributed by atoms with E-state index >= 15 is 0 Å². The number of piperidine rings is 1. The molecule has 1 saturated heterocycles. The Balaban J connectivity index is 1.53. The van der Waals surface area contributed by atoms with Crippen molar-refractivity contribution >= 4 is 17.5 Å². The zero-order valence-corrected chi connectivity index (χ0v) is 14.2. The largest absolute Gasteiger partial charge is 0.356 e. The van der Waals surface area contributed by atoms with Crippen molar-refractivity contribution in [2.45, 2.75) is 39.0 Å². The van der Waals surface area contributed by atoms with E-state index in [-0.39, 0.29) is 5.91 Å². The number of benzene rings is 1.